The molecule has 2 aromatic rings. The molecule has 0 aliphatic heterocycles. The Morgan fingerprint density at radius 3 is 2.22 bits per heavy atom. The molecule has 5 nitrogen and oxygen atoms in total. The van der Waals surface area contributed by atoms with Crippen LogP contribution >= 0.6 is 0 Å². The largest absolute Gasteiger partial charge is 0.872 e. The minimum atomic E-state index is -1.33. The Morgan fingerprint density at radius 1 is 1.22 bits per heavy atom. The number of hydrogen-bond donors (Lipinski definition) is 2. The number of aryl methyl sites for hydroxylation is 1. The molecule has 1 aromatic heterocycles. The molecule has 0 aliphatic carbocycles. The Labute approximate surface area is 104 Å². The fourth-order valence-electron chi connectivity index (χ4n) is 1.16. The standard InChI is InChI=1S/C7H6O4.C6H7N/c8-4-1-2-6(9)5(3-4)7(10)11;1-6-2-4-7-5-3-6/h1-3,8-9H,(H,10,11);2-5H,1H3. The molecule has 0 atom stereocenters. The van der Waals surface area contributed by atoms with Gasteiger partial charge in [-0.1, -0.05) is 11.8 Å². The number of H-pyrrole nitrogens is 1. The number of aromatic amines is 1. The molecule has 2 rings (SSSR count). The summed E-state index contributed by atoms with van der Waals surface area (Å²) in [6.07, 6.45) is 3.82. The van der Waals surface area contributed by atoms with Gasteiger partial charge in [0.2, 0.25) is 0 Å². The van der Waals surface area contributed by atoms with E-state index in [-0.39, 0.29) is 5.75 Å². The average Bonchev–Trinajstić information content (AvgIpc) is 2.34. The van der Waals surface area contributed by atoms with Crippen LogP contribution in [0.1, 0.15) is 15.9 Å². The van der Waals surface area contributed by atoms with Crippen molar-refractivity contribution in [2.45, 2.75) is 6.92 Å². The number of aromatic nitrogens is 1. The first-order chi connectivity index (χ1) is 8.50. The number of hydrogen-bond acceptors (Lipinski definition) is 3. The van der Waals surface area contributed by atoms with E-state index in [1.54, 1.807) is 0 Å². The summed E-state index contributed by atoms with van der Waals surface area (Å²) in [5, 5.41) is 27.9. The molecule has 0 bridgehead atoms. The molecule has 1 heterocycles. The van der Waals surface area contributed by atoms with Crippen molar-refractivity contribution >= 4 is 5.97 Å². The summed E-state index contributed by atoms with van der Waals surface area (Å²) in [4.78, 5) is 13.2. The van der Waals surface area contributed by atoms with E-state index in [2.05, 4.69) is 11.9 Å². The van der Waals surface area contributed by atoms with Crippen molar-refractivity contribution in [2.24, 2.45) is 0 Å². The molecule has 3 N–H and O–H groups in total. The SMILES string of the molecule is Cc1cc[nH+]cc1.O=C(O)c1cc(O)ccc1[O-]. The number of benzene rings is 1. The molecule has 0 aliphatic rings. The molecular weight excluding hydrogens is 234 g/mol. The number of phenolic OH excluding ortho intramolecular Hbond substituents is 1. The molecule has 0 amide bonds. The number of phenols is 1. The van der Waals surface area contributed by atoms with Crippen molar-refractivity contribution in [3.8, 4) is 11.5 Å². The van der Waals surface area contributed by atoms with Gasteiger partial charge in [0.25, 0.3) is 0 Å². The third-order valence-corrected chi connectivity index (χ3v) is 2.08. The van der Waals surface area contributed by atoms with E-state index in [9.17, 15) is 9.90 Å². The second-order valence-corrected chi connectivity index (χ2v) is 3.56. The van der Waals surface area contributed by atoms with Crippen LogP contribution in [0.3, 0.4) is 0 Å². The van der Waals surface area contributed by atoms with E-state index < -0.39 is 17.3 Å². The second-order valence-electron chi connectivity index (χ2n) is 3.56. The van der Waals surface area contributed by atoms with Crippen LogP contribution in [0, 0.1) is 6.92 Å². The Kier molecular flexibility index (Phi) is 4.68. The van der Waals surface area contributed by atoms with E-state index in [0.29, 0.717) is 0 Å². The number of nitrogens with one attached hydrogen (secondary N) is 1. The van der Waals surface area contributed by atoms with Crippen LogP contribution in [0.2, 0.25) is 0 Å². The summed E-state index contributed by atoms with van der Waals surface area (Å²) in [5.74, 6) is -2.15. The van der Waals surface area contributed by atoms with Gasteiger partial charge in [0.05, 0.1) is 5.56 Å². The lowest BCUT2D eigenvalue weighted by molar-refractivity contribution is -0.378. The molecule has 1 aromatic carbocycles. The van der Waals surface area contributed by atoms with Crippen molar-refractivity contribution < 1.29 is 25.1 Å². The first-order valence-corrected chi connectivity index (χ1v) is 5.16. The van der Waals surface area contributed by atoms with Gasteiger partial charge in [-0.25, -0.2) is 9.78 Å². The topological polar surface area (TPSA) is 94.7 Å². The van der Waals surface area contributed by atoms with Gasteiger partial charge in [0.1, 0.15) is 5.75 Å². The van der Waals surface area contributed by atoms with Gasteiger partial charge in [-0.3, -0.25) is 0 Å². The van der Waals surface area contributed by atoms with Crippen LogP contribution in [0.25, 0.3) is 0 Å². The quantitative estimate of drug-likeness (QED) is 0.785. The summed E-state index contributed by atoms with van der Waals surface area (Å²) in [5.41, 5.74) is 0.878. The van der Waals surface area contributed by atoms with E-state index in [0.717, 1.165) is 18.2 Å². The number of carboxylic acids is 1. The zero-order valence-corrected chi connectivity index (χ0v) is 9.75. The maximum atomic E-state index is 10.7. The van der Waals surface area contributed by atoms with Gasteiger partial charge < -0.3 is 15.3 Å². The van der Waals surface area contributed by atoms with Gasteiger partial charge in [0.15, 0.2) is 12.4 Å². The van der Waals surface area contributed by atoms with E-state index in [1.807, 2.05) is 24.5 Å². The zero-order chi connectivity index (χ0) is 13.5. The Balaban J connectivity index is 0.000000199. The number of carbonyl (C=O) groups is 1. The Bertz CT molecular complexity index is 526. The lowest BCUT2D eigenvalue weighted by atomic mass is 10.2. The molecule has 0 saturated carbocycles. The summed E-state index contributed by atoms with van der Waals surface area (Å²) in [6, 6.07) is 7.14. The smallest absolute Gasteiger partial charge is 0.335 e. The monoisotopic (exact) mass is 247 g/mol. The van der Waals surface area contributed by atoms with Gasteiger partial charge in [-0.2, -0.15) is 0 Å². The fourth-order valence-corrected chi connectivity index (χ4v) is 1.16. The highest BCUT2D eigenvalue weighted by molar-refractivity contribution is 5.90. The van der Waals surface area contributed by atoms with Crippen molar-refractivity contribution in [1.29, 1.82) is 0 Å². The first kappa shape index (κ1) is 13.5. The third-order valence-electron chi connectivity index (χ3n) is 2.08. The molecule has 0 radical (unpaired) electrons. The minimum absolute atomic E-state index is 0.220. The molecule has 5 heteroatoms. The van der Waals surface area contributed by atoms with E-state index in [1.165, 1.54) is 5.56 Å². The maximum Gasteiger partial charge on any atom is 0.335 e. The van der Waals surface area contributed by atoms with Crippen molar-refractivity contribution in [2.75, 3.05) is 0 Å². The highest BCUT2D eigenvalue weighted by Crippen LogP contribution is 2.19. The number of aromatic carboxylic acids is 1. The summed E-state index contributed by atoms with van der Waals surface area (Å²) >= 11 is 0. The van der Waals surface area contributed by atoms with Crippen LogP contribution in [-0.2, 0) is 0 Å². The zero-order valence-electron chi connectivity index (χ0n) is 9.75. The minimum Gasteiger partial charge on any atom is -0.872 e. The normalized spacial score (nSPS) is 9.17. The molecule has 94 valence electrons. The number of rotatable bonds is 1. The van der Waals surface area contributed by atoms with Gasteiger partial charge in [-0.15, -0.1) is 0 Å². The van der Waals surface area contributed by atoms with Gasteiger partial charge in [-0.05, 0) is 24.6 Å². The predicted octanol–water partition coefficient (Wildman–Crippen LogP) is 0.973. The summed E-state index contributed by atoms with van der Waals surface area (Å²) in [7, 11) is 0. The van der Waals surface area contributed by atoms with Gasteiger partial charge in [0, 0.05) is 12.1 Å². The maximum absolute atomic E-state index is 10.7. The number of pyridine rings is 1. The molecule has 0 saturated heterocycles. The average molecular weight is 247 g/mol. The highest BCUT2D eigenvalue weighted by atomic mass is 16.4. The summed E-state index contributed by atoms with van der Waals surface area (Å²) < 4.78 is 0. The number of carboxylic acid groups (broad SMARTS) is 1. The van der Waals surface area contributed by atoms with E-state index >= 15 is 0 Å². The van der Waals surface area contributed by atoms with Crippen molar-refractivity contribution in [3.05, 3.63) is 53.9 Å². The molecule has 0 fully saturated rings. The third kappa shape index (κ3) is 4.13. The van der Waals surface area contributed by atoms with Crippen LogP contribution in [0.15, 0.2) is 42.7 Å². The predicted molar refractivity (Wildman–Crippen MR) is 62.2 cm³/mol. The van der Waals surface area contributed by atoms with Gasteiger partial charge >= 0.3 is 5.97 Å². The Morgan fingerprint density at radius 2 is 1.83 bits per heavy atom. The van der Waals surface area contributed by atoms with Crippen molar-refractivity contribution in [1.82, 2.24) is 0 Å². The van der Waals surface area contributed by atoms with Crippen LogP contribution in [0.5, 0.6) is 11.5 Å². The van der Waals surface area contributed by atoms with E-state index in [4.69, 9.17) is 10.2 Å². The first-order valence-electron chi connectivity index (χ1n) is 5.16. The Hall–Kier alpha value is -2.56. The molecule has 18 heavy (non-hydrogen) atoms. The van der Waals surface area contributed by atoms with Crippen molar-refractivity contribution in [3.63, 3.8) is 0 Å². The lowest BCUT2D eigenvalue weighted by Gasteiger charge is -2.08. The second kappa shape index (κ2) is 6.24. The lowest BCUT2D eigenvalue weighted by Crippen LogP contribution is -2.02. The molecule has 0 unspecified atom stereocenters. The van der Waals surface area contributed by atoms with Crippen LogP contribution < -0.4 is 10.1 Å². The van der Waals surface area contributed by atoms with Crippen LogP contribution in [0.4, 0.5) is 0 Å². The molecular formula is C13H13NO4. The number of aromatic hydroxyl groups is 1. The fraction of sp³-hybridized carbons (Fsp3) is 0.0769. The highest BCUT2D eigenvalue weighted by Gasteiger charge is 2.03. The van der Waals surface area contributed by atoms with Crippen LogP contribution in [-0.4, -0.2) is 16.2 Å². The summed E-state index contributed by atoms with van der Waals surface area (Å²) in [6.45, 7) is 2.06. The molecule has 0 spiro atoms.